The number of piperidine rings is 1. The second-order valence-corrected chi connectivity index (χ2v) is 8.14. The van der Waals surface area contributed by atoms with Crippen molar-refractivity contribution < 1.29 is 13.3 Å². The van der Waals surface area contributed by atoms with Crippen molar-refractivity contribution in [2.75, 3.05) is 31.2 Å². The lowest BCUT2D eigenvalue weighted by molar-refractivity contribution is -0.384. The quantitative estimate of drug-likeness (QED) is 0.631. The van der Waals surface area contributed by atoms with Gasteiger partial charge in [0.2, 0.25) is 0 Å². The number of benzene rings is 1. The van der Waals surface area contributed by atoms with Gasteiger partial charge >= 0.3 is 0 Å². The third-order valence-electron chi connectivity index (χ3n) is 4.11. The third kappa shape index (κ3) is 3.95. The second-order valence-electron chi connectivity index (χ2n) is 6.12. The SMILES string of the molecule is CC1(CNc2ccc(S(C)(=O)=O)cc2[N+](=O)[O-])CCNCC1. The van der Waals surface area contributed by atoms with Crippen LogP contribution in [0.2, 0.25) is 0 Å². The Morgan fingerprint density at radius 3 is 2.55 bits per heavy atom. The molecule has 0 atom stereocenters. The molecule has 1 aliphatic rings. The maximum absolute atomic E-state index is 11.5. The lowest BCUT2D eigenvalue weighted by atomic mass is 9.81. The maximum Gasteiger partial charge on any atom is 0.293 e. The van der Waals surface area contributed by atoms with Crippen LogP contribution in [0.5, 0.6) is 0 Å². The fraction of sp³-hybridized carbons (Fsp3) is 0.571. The smallest absolute Gasteiger partial charge is 0.293 e. The molecule has 0 aliphatic carbocycles. The van der Waals surface area contributed by atoms with Crippen LogP contribution in [-0.4, -0.2) is 39.2 Å². The molecule has 1 saturated heterocycles. The minimum atomic E-state index is -3.46. The van der Waals surface area contributed by atoms with Gasteiger partial charge in [0.15, 0.2) is 9.84 Å². The molecular formula is C14H21N3O4S. The van der Waals surface area contributed by atoms with E-state index in [-0.39, 0.29) is 16.0 Å². The van der Waals surface area contributed by atoms with Crippen molar-refractivity contribution in [2.24, 2.45) is 5.41 Å². The number of nitro benzene ring substituents is 1. The Balaban J connectivity index is 2.21. The Kier molecular flexibility index (Phi) is 4.72. The van der Waals surface area contributed by atoms with Crippen molar-refractivity contribution >= 4 is 21.2 Å². The Morgan fingerprint density at radius 1 is 1.36 bits per heavy atom. The molecule has 8 heteroatoms. The van der Waals surface area contributed by atoms with Gasteiger partial charge in [-0.25, -0.2) is 8.42 Å². The fourth-order valence-electron chi connectivity index (χ4n) is 2.56. The molecule has 0 radical (unpaired) electrons. The van der Waals surface area contributed by atoms with E-state index in [0.29, 0.717) is 12.2 Å². The van der Waals surface area contributed by atoms with E-state index in [9.17, 15) is 18.5 Å². The number of hydrogen-bond donors (Lipinski definition) is 2. The summed E-state index contributed by atoms with van der Waals surface area (Å²) in [7, 11) is -3.46. The number of rotatable bonds is 5. The molecule has 22 heavy (non-hydrogen) atoms. The number of anilines is 1. The molecule has 7 nitrogen and oxygen atoms in total. The van der Waals surface area contributed by atoms with E-state index in [4.69, 9.17) is 0 Å². The summed E-state index contributed by atoms with van der Waals surface area (Å²) >= 11 is 0. The summed E-state index contributed by atoms with van der Waals surface area (Å²) in [5.74, 6) is 0. The predicted octanol–water partition coefficient (Wildman–Crippen LogP) is 1.80. The van der Waals surface area contributed by atoms with Gasteiger partial charge in [0, 0.05) is 18.9 Å². The van der Waals surface area contributed by atoms with Gasteiger partial charge in [-0.3, -0.25) is 10.1 Å². The Hall–Kier alpha value is -1.67. The predicted molar refractivity (Wildman–Crippen MR) is 84.9 cm³/mol. The lowest BCUT2D eigenvalue weighted by Crippen LogP contribution is -2.39. The fourth-order valence-corrected chi connectivity index (χ4v) is 3.20. The number of hydrogen-bond acceptors (Lipinski definition) is 6. The van der Waals surface area contributed by atoms with E-state index < -0.39 is 14.8 Å². The van der Waals surface area contributed by atoms with Crippen LogP contribution in [-0.2, 0) is 9.84 Å². The van der Waals surface area contributed by atoms with Crippen molar-refractivity contribution in [1.29, 1.82) is 0 Å². The minimum Gasteiger partial charge on any atom is -0.379 e. The first kappa shape index (κ1) is 16.7. The molecule has 0 bridgehead atoms. The minimum absolute atomic E-state index is 0.0437. The van der Waals surface area contributed by atoms with Gasteiger partial charge in [-0.15, -0.1) is 0 Å². The van der Waals surface area contributed by atoms with Gasteiger partial charge < -0.3 is 10.6 Å². The molecule has 1 fully saturated rings. The molecular weight excluding hydrogens is 306 g/mol. The van der Waals surface area contributed by atoms with Gasteiger partial charge in [0.1, 0.15) is 5.69 Å². The average molecular weight is 327 g/mol. The van der Waals surface area contributed by atoms with Gasteiger partial charge in [0.05, 0.1) is 9.82 Å². The molecule has 1 aromatic carbocycles. The van der Waals surface area contributed by atoms with Crippen molar-refractivity contribution in [3.05, 3.63) is 28.3 Å². The number of nitrogens with zero attached hydrogens (tertiary/aromatic N) is 1. The topological polar surface area (TPSA) is 101 Å². The summed E-state index contributed by atoms with van der Waals surface area (Å²) in [6.45, 7) is 4.64. The highest BCUT2D eigenvalue weighted by atomic mass is 32.2. The Bertz CT molecular complexity index is 667. The van der Waals surface area contributed by atoms with E-state index in [1.165, 1.54) is 12.1 Å². The van der Waals surface area contributed by atoms with Crippen LogP contribution in [0, 0.1) is 15.5 Å². The molecule has 122 valence electrons. The zero-order valence-corrected chi connectivity index (χ0v) is 13.6. The largest absolute Gasteiger partial charge is 0.379 e. The monoisotopic (exact) mass is 327 g/mol. The van der Waals surface area contributed by atoms with Crippen molar-refractivity contribution in [3.63, 3.8) is 0 Å². The van der Waals surface area contributed by atoms with Gasteiger partial charge in [-0.2, -0.15) is 0 Å². The molecule has 2 rings (SSSR count). The number of sulfone groups is 1. The summed E-state index contributed by atoms with van der Waals surface area (Å²) in [5.41, 5.74) is 0.229. The summed E-state index contributed by atoms with van der Waals surface area (Å²) < 4.78 is 23.1. The number of nitro groups is 1. The van der Waals surface area contributed by atoms with Crippen LogP contribution in [0.15, 0.2) is 23.1 Å². The van der Waals surface area contributed by atoms with Crippen LogP contribution in [0.25, 0.3) is 0 Å². The molecule has 0 aromatic heterocycles. The first-order chi connectivity index (χ1) is 10.2. The normalized spacial score (nSPS) is 17.9. The first-order valence-electron chi connectivity index (χ1n) is 7.14. The van der Waals surface area contributed by atoms with E-state index in [1.54, 1.807) is 0 Å². The summed E-state index contributed by atoms with van der Waals surface area (Å²) in [6, 6.07) is 3.98. The molecule has 0 unspecified atom stereocenters. The standard InChI is InChI=1S/C14H21N3O4S/c1-14(5-7-15-8-6-14)10-16-12-4-3-11(22(2,20)21)9-13(12)17(18)19/h3-4,9,15-16H,5-8,10H2,1-2H3. The van der Waals surface area contributed by atoms with E-state index in [2.05, 4.69) is 17.6 Å². The number of nitrogens with one attached hydrogen (secondary N) is 2. The van der Waals surface area contributed by atoms with Crippen LogP contribution < -0.4 is 10.6 Å². The van der Waals surface area contributed by atoms with Crippen molar-refractivity contribution in [2.45, 2.75) is 24.7 Å². The zero-order valence-electron chi connectivity index (χ0n) is 12.8. The van der Waals surface area contributed by atoms with Gasteiger partial charge in [0.25, 0.3) is 5.69 Å². The Morgan fingerprint density at radius 2 is 2.00 bits per heavy atom. The third-order valence-corrected chi connectivity index (χ3v) is 5.22. The highest BCUT2D eigenvalue weighted by molar-refractivity contribution is 7.90. The molecule has 1 heterocycles. The lowest BCUT2D eigenvalue weighted by Gasteiger charge is -2.34. The summed E-state index contributed by atoms with van der Waals surface area (Å²) in [4.78, 5) is 10.6. The molecule has 1 aromatic rings. The zero-order chi connectivity index (χ0) is 16.4. The van der Waals surface area contributed by atoms with Crippen molar-refractivity contribution in [1.82, 2.24) is 5.32 Å². The average Bonchev–Trinajstić information content (AvgIpc) is 2.44. The highest BCUT2D eigenvalue weighted by Gasteiger charge is 2.27. The van der Waals surface area contributed by atoms with Crippen LogP contribution in [0.1, 0.15) is 19.8 Å². The molecule has 0 amide bonds. The van der Waals surface area contributed by atoms with Crippen molar-refractivity contribution in [3.8, 4) is 0 Å². The summed E-state index contributed by atoms with van der Waals surface area (Å²) in [5, 5.41) is 17.6. The molecule has 2 N–H and O–H groups in total. The van der Waals surface area contributed by atoms with Crippen LogP contribution in [0.3, 0.4) is 0 Å². The van der Waals surface area contributed by atoms with E-state index in [1.807, 2.05) is 0 Å². The van der Waals surface area contributed by atoms with Gasteiger partial charge in [-0.1, -0.05) is 6.92 Å². The molecule has 0 spiro atoms. The highest BCUT2D eigenvalue weighted by Crippen LogP contribution is 2.32. The van der Waals surface area contributed by atoms with E-state index in [0.717, 1.165) is 38.3 Å². The van der Waals surface area contributed by atoms with Crippen LogP contribution in [0.4, 0.5) is 11.4 Å². The second kappa shape index (κ2) is 6.21. The summed E-state index contributed by atoms with van der Waals surface area (Å²) in [6.07, 6.45) is 3.03. The van der Waals surface area contributed by atoms with Crippen LogP contribution >= 0.6 is 0 Å². The first-order valence-corrected chi connectivity index (χ1v) is 9.04. The maximum atomic E-state index is 11.5. The molecule has 0 saturated carbocycles. The molecule has 1 aliphatic heterocycles. The Labute approximate surface area is 130 Å². The van der Waals surface area contributed by atoms with Gasteiger partial charge in [-0.05, 0) is 43.5 Å². The van der Waals surface area contributed by atoms with E-state index >= 15 is 0 Å².